The fourth-order valence-corrected chi connectivity index (χ4v) is 1.66. The molecule has 94 valence electrons. The van der Waals surface area contributed by atoms with Crippen molar-refractivity contribution in [2.75, 3.05) is 5.73 Å². The molecule has 0 spiro atoms. The van der Waals surface area contributed by atoms with E-state index in [0.717, 1.165) is 5.56 Å². The number of primary amides is 1. The van der Waals surface area contributed by atoms with Crippen molar-refractivity contribution in [3.05, 3.63) is 53.0 Å². The molecular formula is C13H11N5O. The van der Waals surface area contributed by atoms with Gasteiger partial charge in [0.25, 0.3) is 5.91 Å². The molecule has 1 heterocycles. The Hall–Kier alpha value is -2.94. The minimum absolute atomic E-state index is 0.0158. The molecule has 0 bridgehead atoms. The van der Waals surface area contributed by atoms with Gasteiger partial charge in [0.15, 0.2) is 11.5 Å². The molecule has 0 radical (unpaired) electrons. The van der Waals surface area contributed by atoms with Gasteiger partial charge < -0.3 is 11.5 Å². The Morgan fingerprint density at radius 3 is 2.89 bits per heavy atom. The number of rotatable bonds is 3. The van der Waals surface area contributed by atoms with E-state index >= 15 is 0 Å². The molecule has 0 aliphatic rings. The summed E-state index contributed by atoms with van der Waals surface area (Å²) in [7, 11) is 0. The number of amides is 1. The van der Waals surface area contributed by atoms with Crippen LogP contribution in [0, 0.1) is 11.3 Å². The highest BCUT2D eigenvalue weighted by molar-refractivity contribution is 5.94. The Bertz CT molecular complexity index is 675. The predicted molar refractivity (Wildman–Crippen MR) is 68.9 cm³/mol. The van der Waals surface area contributed by atoms with Gasteiger partial charge >= 0.3 is 0 Å². The van der Waals surface area contributed by atoms with E-state index in [1.807, 2.05) is 6.07 Å². The molecular weight excluding hydrogens is 242 g/mol. The van der Waals surface area contributed by atoms with Crippen LogP contribution in [-0.4, -0.2) is 15.9 Å². The van der Waals surface area contributed by atoms with Crippen molar-refractivity contribution in [1.29, 1.82) is 5.26 Å². The number of nitrogens with two attached hydrogens (primary N) is 2. The van der Waals surface area contributed by atoms with Crippen LogP contribution in [0.5, 0.6) is 0 Å². The molecule has 6 nitrogen and oxygen atoms in total. The van der Waals surface area contributed by atoms with Crippen molar-refractivity contribution in [1.82, 2.24) is 9.97 Å². The summed E-state index contributed by atoms with van der Waals surface area (Å²) in [5, 5.41) is 8.83. The number of carbonyl (C=O) groups is 1. The minimum Gasteiger partial charge on any atom is -0.382 e. The number of carbonyl (C=O) groups excluding carboxylic acids is 1. The smallest absolute Gasteiger partial charge is 0.271 e. The molecule has 0 fully saturated rings. The first-order valence-electron chi connectivity index (χ1n) is 5.50. The average Bonchev–Trinajstić information content (AvgIpc) is 2.41. The van der Waals surface area contributed by atoms with Gasteiger partial charge in [-0.05, 0) is 17.7 Å². The number of aromatic nitrogens is 2. The lowest BCUT2D eigenvalue weighted by atomic mass is 10.1. The highest BCUT2D eigenvalue weighted by Crippen LogP contribution is 2.11. The Kier molecular flexibility index (Phi) is 3.39. The molecule has 0 saturated heterocycles. The Morgan fingerprint density at radius 1 is 1.42 bits per heavy atom. The van der Waals surface area contributed by atoms with E-state index in [4.69, 9.17) is 16.7 Å². The van der Waals surface area contributed by atoms with Crippen molar-refractivity contribution in [2.45, 2.75) is 6.42 Å². The van der Waals surface area contributed by atoms with Gasteiger partial charge in [0.1, 0.15) is 0 Å². The summed E-state index contributed by atoms with van der Waals surface area (Å²) in [5.41, 5.74) is 12.7. The molecule has 19 heavy (non-hydrogen) atoms. The number of anilines is 1. The molecule has 0 saturated carbocycles. The monoisotopic (exact) mass is 253 g/mol. The first kappa shape index (κ1) is 12.5. The van der Waals surface area contributed by atoms with E-state index in [-0.39, 0.29) is 11.5 Å². The second-order valence-corrected chi connectivity index (χ2v) is 3.95. The summed E-state index contributed by atoms with van der Waals surface area (Å²) in [6.45, 7) is 0. The van der Waals surface area contributed by atoms with Crippen LogP contribution in [0.1, 0.15) is 27.3 Å². The molecule has 0 aliphatic carbocycles. The number of nitrogens with zero attached hydrogens (tertiary/aromatic N) is 3. The number of benzene rings is 1. The predicted octanol–water partition coefficient (Wildman–Crippen LogP) is 0.620. The van der Waals surface area contributed by atoms with Gasteiger partial charge in [-0.15, -0.1) is 0 Å². The first-order valence-corrected chi connectivity index (χ1v) is 5.50. The Labute approximate surface area is 109 Å². The van der Waals surface area contributed by atoms with Crippen molar-refractivity contribution in [3.63, 3.8) is 0 Å². The summed E-state index contributed by atoms with van der Waals surface area (Å²) in [6, 6.07) is 9.18. The summed E-state index contributed by atoms with van der Waals surface area (Å²) < 4.78 is 0. The highest BCUT2D eigenvalue weighted by Gasteiger charge is 2.10. The van der Waals surface area contributed by atoms with E-state index in [1.54, 1.807) is 18.2 Å². The molecule has 0 atom stereocenters. The van der Waals surface area contributed by atoms with Gasteiger partial charge in [0, 0.05) is 6.42 Å². The maximum absolute atomic E-state index is 11.1. The van der Waals surface area contributed by atoms with Crippen molar-refractivity contribution in [2.24, 2.45) is 5.73 Å². The van der Waals surface area contributed by atoms with E-state index in [2.05, 4.69) is 16.0 Å². The summed E-state index contributed by atoms with van der Waals surface area (Å²) in [4.78, 5) is 19.1. The third kappa shape index (κ3) is 2.84. The van der Waals surface area contributed by atoms with Gasteiger partial charge in [-0.25, -0.2) is 9.97 Å². The molecule has 2 rings (SSSR count). The minimum atomic E-state index is -0.711. The summed E-state index contributed by atoms with van der Waals surface area (Å²) in [5.74, 6) is -0.695. The van der Waals surface area contributed by atoms with E-state index < -0.39 is 5.91 Å². The molecule has 2 aromatic rings. The van der Waals surface area contributed by atoms with Gasteiger partial charge in [-0.2, -0.15) is 5.26 Å². The number of hydrogen-bond acceptors (Lipinski definition) is 5. The lowest BCUT2D eigenvalue weighted by Gasteiger charge is -2.04. The largest absolute Gasteiger partial charge is 0.382 e. The molecule has 0 aliphatic heterocycles. The zero-order valence-corrected chi connectivity index (χ0v) is 10.00. The summed E-state index contributed by atoms with van der Waals surface area (Å²) in [6.07, 6.45) is 1.93. The normalized spacial score (nSPS) is 9.84. The quantitative estimate of drug-likeness (QED) is 0.831. The fraction of sp³-hybridized carbons (Fsp3) is 0.0769. The fourth-order valence-electron chi connectivity index (χ4n) is 1.66. The van der Waals surface area contributed by atoms with Gasteiger partial charge in [-0.3, -0.25) is 4.79 Å². The molecule has 1 aromatic carbocycles. The first-order chi connectivity index (χ1) is 9.10. The van der Waals surface area contributed by atoms with E-state index in [1.165, 1.54) is 6.20 Å². The Balaban J connectivity index is 2.31. The zero-order chi connectivity index (χ0) is 13.8. The van der Waals surface area contributed by atoms with Crippen LogP contribution in [0.2, 0.25) is 0 Å². The van der Waals surface area contributed by atoms with Crippen LogP contribution in [0.3, 0.4) is 0 Å². The van der Waals surface area contributed by atoms with Gasteiger partial charge in [0.2, 0.25) is 0 Å². The average molecular weight is 253 g/mol. The number of nitrogen functional groups attached to an aromatic ring is 1. The number of hydrogen-bond donors (Lipinski definition) is 2. The summed E-state index contributed by atoms with van der Waals surface area (Å²) >= 11 is 0. The third-order valence-electron chi connectivity index (χ3n) is 2.53. The van der Waals surface area contributed by atoms with E-state index in [0.29, 0.717) is 17.7 Å². The van der Waals surface area contributed by atoms with Gasteiger partial charge in [-0.1, -0.05) is 12.1 Å². The van der Waals surface area contributed by atoms with Crippen molar-refractivity contribution >= 4 is 11.7 Å². The van der Waals surface area contributed by atoms with E-state index in [9.17, 15) is 4.79 Å². The molecule has 0 unspecified atom stereocenters. The van der Waals surface area contributed by atoms with Crippen LogP contribution < -0.4 is 11.5 Å². The maximum Gasteiger partial charge on any atom is 0.271 e. The van der Waals surface area contributed by atoms with Crippen LogP contribution >= 0.6 is 0 Å². The van der Waals surface area contributed by atoms with Crippen molar-refractivity contribution in [3.8, 4) is 6.07 Å². The van der Waals surface area contributed by atoms with Crippen LogP contribution in [0.25, 0.3) is 0 Å². The lowest BCUT2D eigenvalue weighted by Crippen LogP contribution is -2.17. The zero-order valence-electron chi connectivity index (χ0n) is 10.00. The highest BCUT2D eigenvalue weighted by atomic mass is 16.1. The molecule has 1 amide bonds. The second kappa shape index (κ2) is 5.14. The SMILES string of the molecule is N#Cc1cccc(Cc2cnc(N)c(C(N)=O)n2)c1. The van der Waals surface area contributed by atoms with Crippen LogP contribution in [0.15, 0.2) is 30.5 Å². The molecule has 6 heteroatoms. The number of nitriles is 1. The third-order valence-corrected chi connectivity index (χ3v) is 2.53. The van der Waals surface area contributed by atoms with Gasteiger partial charge in [0.05, 0.1) is 23.5 Å². The Morgan fingerprint density at radius 2 is 2.21 bits per heavy atom. The standard InChI is InChI=1S/C13H11N5O/c14-6-9-3-1-2-8(4-9)5-10-7-17-12(15)11(18-10)13(16)19/h1-4,7H,5H2,(H2,15,17)(H2,16,19). The topological polar surface area (TPSA) is 119 Å². The maximum atomic E-state index is 11.1. The molecule has 1 aromatic heterocycles. The van der Waals surface area contributed by atoms with Crippen LogP contribution in [0.4, 0.5) is 5.82 Å². The lowest BCUT2D eigenvalue weighted by molar-refractivity contribution is 0.0996. The second-order valence-electron chi connectivity index (χ2n) is 3.95. The van der Waals surface area contributed by atoms with Crippen LogP contribution in [-0.2, 0) is 6.42 Å². The molecule has 4 N–H and O–H groups in total. The van der Waals surface area contributed by atoms with Crippen molar-refractivity contribution < 1.29 is 4.79 Å².